The number of nitrogens with zero attached hydrogens (tertiary/aromatic N) is 2. The summed E-state index contributed by atoms with van der Waals surface area (Å²) in [4.78, 5) is 25.2. The summed E-state index contributed by atoms with van der Waals surface area (Å²) in [6.45, 7) is 5.22. The largest absolute Gasteiger partial charge is 0.350 e. The van der Waals surface area contributed by atoms with Gasteiger partial charge >= 0.3 is 0 Å². The lowest BCUT2D eigenvalue weighted by molar-refractivity contribution is -0.129. The monoisotopic (exact) mass is 382 g/mol. The molecule has 0 bridgehead atoms. The maximum atomic E-state index is 12.7. The summed E-state index contributed by atoms with van der Waals surface area (Å²) in [5.74, 6) is -0.295. The Morgan fingerprint density at radius 1 is 1.12 bits per heavy atom. The van der Waals surface area contributed by atoms with Crippen molar-refractivity contribution >= 4 is 21.8 Å². The van der Waals surface area contributed by atoms with Gasteiger partial charge in [-0.3, -0.25) is 9.59 Å². The van der Waals surface area contributed by atoms with Crippen LogP contribution in [0.3, 0.4) is 0 Å². The van der Waals surface area contributed by atoms with Crippen LogP contribution in [0.4, 0.5) is 0 Å². The molecule has 1 atom stereocenters. The number of sulfonamides is 1. The minimum absolute atomic E-state index is 0.0509. The van der Waals surface area contributed by atoms with Crippen molar-refractivity contribution in [1.29, 1.82) is 0 Å². The number of likely N-dealkylation sites (N-methyl/N-ethyl adjacent to an activating group) is 1. The highest BCUT2D eigenvalue weighted by atomic mass is 32.2. The van der Waals surface area contributed by atoms with Crippen molar-refractivity contribution in [3.8, 4) is 0 Å². The molecule has 1 unspecified atom stereocenters. The molecule has 1 aliphatic heterocycles. The average Bonchev–Trinajstić information content (AvgIpc) is 2.65. The van der Waals surface area contributed by atoms with E-state index in [1.54, 1.807) is 4.90 Å². The van der Waals surface area contributed by atoms with Crippen LogP contribution in [0.5, 0.6) is 0 Å². The SMILES string of the molecule is CNC(C)CNC(=O)c1ccc(S(=O)(=O)N2CCN(C(C)=O)CC2)cc1. The van der Waals surface area contributed by atoms with E-state index in [-0.39, 0.29) is 35.8 Å². The van der Waals surface area contributed by atoms with Crippen LogP contribution in [0, 0.1) is 0 Å². The number of carbonyl (C=O) groups is 2. The Kier molecular flexibility index (Phi) is 6.74. The summed E-state index contributed by atoms with van der Waals surface area (Å²) in [6.07, 6.45) is 0. The second-order valence-corrected chi connectivity index (χ2v) is 8.27. The number of rotatable bonds is 6. The molecule has 1 aromatic carbocycles. The molecule has 0 spiro atoms. The van der Waals surface area contributed by atoms with Crippen LogP contribution in [0.2, 0.25) is 0 Å². The first-order valence-corrected chi connectivity index (χ1v) is 10.0. The van der Waals surface area contributed by atoms with Gasteiger partial charge in [-0.25, -0.2) is 8.42 Å². The van der Waals surface area contributed by atoms with E-state index in [2.05, 4.69) is 10.6 Å². The van der Waals surface area contributed by atoms with E-state index in [9.17, 15) is 18.0 Å². The minimum atomic E-state index is -3.63. The van der Waals surface area contributed by atoms with Crippen LogP contribution >= 0.6 is 0 Å². The van der Waals surface area contributed by atoms with Gasteiger partial charge in [0.2, 0.25) is 15.9 Å². The van der Waals surface area contributed by atoms with E-state index >= 15 is 0 Å². The molecule has 1 aliphatic rings. The highest BCUT2D eigenvalue weighted by Gasteiger charge is 2.29. The van der Waals surface area contributed by atoms with Crippen LogP contribution in [-0.4, -0.2) is 75.3 Å². The summed E-state index contributed by atoms with van der Waals surface area (Å²) in [6, 6.07) is 6.06. The molecule has 0 aliphatic carbocycles. The van der Waals surface area contributed by atoms with Crippen LogP contribution in [0.25, 0.3) is 0 Å². The highest BCUT2D eigenvalue weighted by Crippen LogP contribution is 2.18. The fraction of sp³-hybridized carbons (Fsp3) is 0.529. The molecule has 8 nitrogen and oxygen atoms in total. The smallest absolute Gasteiger partial charge is 0.251 e. The topological polar surface area (TPSA) is 98.8 Å². The number of carbonyl (C=O) groups excluding carboxylic acids is 2. The van der Waals surface area contributed by atoms with Crippen LogP contribution in [0.15, 0.2) is 29.2 Å². The summed E-state index contributed by atoms with van der Waals surface area (Å²) < 4.78 is 26.8. The molecule has 0 aromatic heterocycles. The zero-order chi connectivity index (χ0) is 19.3. The standard InChI is InChI=1S/C17H26N4O4S/c1-13(18-3)12-19-17(23)15-4-6-16(7-5-15)26(24,25)21-10-8-20(9-11-21)14(2)22/h4-7,13,18H,8-12H2,1-3H3,(H,19,23). The number of nitrogens with one attached hydrogen (secondary N) is 2. The fourth-order valence-corrected chi connectivity index (χ4v) is 4.04. The molecule has 1 fully saturated rings. The first kappa shape index (κ1) is 20.3. The number of piperazine rings is 1. The van der Waals surface area contributed by atoms with Gasteiger partial charge in [-0.1, -0.05) is 0 Å². The Morgan fingerprint density at radius 3 is 2.19 bits per heavy atom. The Hall–Kier alpha value is -1.97. The summed E-state index contributed by atoms with van der Waals surface area (Å²) in [5.41, 5.74) is 0.411. The Morgan fingerprint density at radius 2 is 1.69 bits per heavy atom. The van der Waals surface area contributed by atoms with Crippen molar-refractivity contribution in [2.24, 2.45) is 0 Å². The Balaban J connectivity index is 2.03. The Bertz CT molecular complexity index is 741. The van der Waals surface area contributed by atoms with Gasteiger partial charge in [-0.05, 0) is 38.2 Å². The molecular weight excluding hydrogens is 356 g/mol. The second kappa shape index (κ2) is 8.61. The van der Waals surface area contributed by atoms with Crippen molar-refractivity contribution in [2.45, 2.75) is 24.8 Å². The van der Waals surface area contributed by atoms with Crippen molar-refractivity contribution in [1.82, 2.24) is 19.8 Å². The Labute approximate surface area is 154 Å². The molecule has 9 heteroatoms. The predicted molar refractivity (Wildman–Crippen MR) is 98.3 cm³/mol. The second-order valence-electron chi connectivity index (χ2n) is 6.33. The quantitative estimate of drug-likeness (QED) is 0.715. The zero-order valence-electron chi connectivity index (χ0n) is 15.4. The number of hydrogen-bond donors (Lipinski definition) is 2. The van der Waals surface area contributed by atoms with Crippen molar-refractivity contribution in [2.75, 3.05) is 39.8 Å². The summed E-state index contributed by atoms with van der Waals surface area (Å²) in [5, 5.41) is 5.81. The lowest BCUT2D eigenvalue weighted by Crippen LogP contribution is -2.49. The van der Waals surface area contributed by atoms with Crippen molar-refractivity contribution < 1.29 is 18.0 Å². The van der Waals surface area contributed by atoms with E-state index in [1.807, 2.05) is 14.0 Å². The third-order valence-electron chi connectivity index (χ3n) is 4.50. The van der Waals surface area contributed by atoms with Gasteiger partial charge in [0.15, 0.2) is 0 Å². The lowest BCUT2D eigenvalue weighted by atomic mass is 10.2. The van der Waals surface area contributed by atoms with E-state index in [4.69, 9.17) is 0 Å². The first-order chi connectivity index (χ1) is 12.3. The summed E-state index contributed by atoms with van der Waals surface area (Å²) in [7, 11) is -1.82. The summed E-state index contributed by atoms with van der Waals surface area (Å²) >= 11 is 0. The van der Waals surface area contributed by atoms with Gasteiger partial charge in [0.1, 0.15) is 0 Å². The normalized spacial score (nSPS) is 17.0. The minimum Gasteiger partial charge on any atom is -0.350 e. The molecule has 2 amide bonds. The molecule has 0 saturated carbocycles. The van der Waals surface area contributed by atoms with Gasteiger partial charge in [0, 0.05) is 51.3 Å². The molecule has 1 heterocycles. The van der Waals surface area contributed by atoms with Gasteiger partial charge in [-0.2, -0.15) is 4.31 Å². The third kappa shape index (κ3) is 4.80. The molecule has 1 aromatic rings. The molecule has 1 saturated heterocycles. The van der Waals surface area contributed by atoms with E-state index in [1.165, 1.54) is 35.5 Å². The number of amides is 2. The van der Waals surface area contributed by atoms with Gasteiger partial charge in [0.05, 0.1) is 4.90 Å². The fourth-order valence-electron chi connectivity index (χ4n) is 2.62. The highest BCUT2D eigenvalue weighted by molar-refractivity contribution is 7.89. The van der Waals surface area contributed by atoms with E-state index in [0.717, 1.165) is 0 Å². The third-order valence-corrected chi connectivity index (χ3v) is 6.41. The zero-order valence-corrected chi connectivity index (χ0v) is 16.2. The van der Waals surface area contributed by atoms with E-state index < -0.39 is 10.0 Å². The number of hydrogen-bond acceptors (Lipinski definition) is 5. The maximum absolute atomic E-state index is 12.7. The molecular formula is C17H26N4O4S. The van der Waals surface area contributed by atoms with Gasteiger partial charge in [-0.15, -0.1) is 0 Å². The number of benzene rings is 1. The first-order valence-electron chi connectivity index (χ1n) is 8.57. The van der Waals surface area contributed by atoms with Gasteiger partial charge in [0.25, 0.3) is 5.91 Å². The maximum Gasteiger partial charge on any atom is 0.251 e. The van der Waals surface area contributed by atoms with Crippen molar-refractivity contribution in [3.63, 3.8) is 0 Å². The van der Waals surface area contributed by atoms with Gasteiger partial charge < -0.3 is 15.5 Å². The molecule has 2 N–H and O–H groups in total. The molecule has 2 rings (SSSR count). The molecule has 144 valence electrons. The van der Waals surface area contributed by atoms with Crippen LogP contribution in [0.1, 0.15) is 24.2 Å². The van der Waals surface area contributed by atoms with Crippen molar-refractivity contribution in [3.05, 3.63) is 29.8 Å². The lowest BCUT2D eigenvalue weighted by Gasteiger charge is -2.33. The van der Waals surface area contributed by atoms with Crippen LogP contribution < -0.4 is 10.6 Å². The van der Waals surface area contributed by atoms with Crippen LogP contribution in [-0.2, 0) is 14.8 Å². The predicted octanol–water partition coefficient (Wildman–Crippen LogP) is -0.123. The molecule has 0 radical (unpaired) electrons. The van der Waals surface area contributed by atoms with E-state index in [0.29, 0.717) is 25.2 Å². The molecule has 26 heavy (non-hydrogen) atoms. The average molecular weight is 382 g/mol.